The van der Waals surface area contributed by atoms with Crippen LogP contribution in [0.25, 0.3) is 0 Å². The van der Waals surface area contributed by atoms with Gasteiger partial charge in [0, 0.05) is 19.0 Å². The van der Waals surface area contributed by atoms with Gasteiger partial charge in [0.2, 0.25) is 5.91 Å². The van der Waals surface area contributed by atoms with E-state index in [1.807, 2.05) is 6.07 Å². The zero-order valence-corrected chi connectivity index (χ0v) is 18.5. The Labute approximate surface area is 186 Å². The van der Waals surface area contributed by atoms with Gasteiger partial charge in [0.25, 0.3) is 5.91 Å². The lowest BCUT2D eigenvalue weighted by atomic mass is 10.1. The predicted octanol–water partition coefficient (Wildman–Crippen LogP) is 1.84. The van der Waals surface area contributed by atoms with Crippen molar-refractivity contribution in [1.82, 2.24) is 4.90 Å². The van der Waals surface area contributed by atoms with Gasteiger partial charge in [0.15, 0.2) is 23.0 Å². The molecule has 2 heterocycles. The van der Waals surface area contributed by atoms with Crippen LogP contribution in [0, 0.1) is 0 Å². The van der Waals surface area contributed by atoms with E-state index in [4.69, 9.17) is 18.9 Å². The van der Waals surface area contributed by atoms with Gasteiger partial charge < -0.3 is 33.9 Å². The molecule has 32 heavy (non-hydrogen) atoms. The molecular weight excluding hydrogens is 416 g/mol. The van der Waals surface area contributed by atoms with Crippen molar-refractivity contribution in [3.05, 3.63) is 41.5 Å². The van der Waals surface area contributed by atoms with E-state index in [1.54, 1.807) is 43.4 Å². The lowest BCUT2D eigenvalue weighted by Crippen LogP contribution is -2.44. The van der Waals surface area contributed by atoms with Gasteiger partial charge in [-0.05, 0) is 23.8 Å². The van der Waals surface area contributed by atoms with Gasteiger partial charge in [-0.25, -0.2) is 0 Å². The summed E-state index contributed by atoms with van der Waals surface area (Å²) in [6.07, 6.45) is -0.563. The zero-order valence-electron chi connectivity index (χ0n) is 18.5. The summed E-state index contributed by atoms with van der Waals surface area (Å²) < 4.78 is 21.5. The second-order valence-corrected chi connectivity index (χ2v) is 7.70. The molecule has 2 aliphatic rings. The van der Waals surface area contributed by atoms with E-state index in [9.17, 15) is 14.7 Å². The number of ether oxygens (including phenoxy) is 4. The largest absolute Gasteiger partial charge is 0.493 e. The van der Waals surface area contributed by atoms with E-state index in [2.05, 4.69) is 0 Å². The van der Waals surface area contributed by atoms with Gasteiger partial charge in [-0.1, -0.05) is 6.07 Å². The van der Waals surface area contributed by atoms with E-state index in [-0.39, 0.29) is 31.3 Å². The van der Waals surface area contributed by atoms with Crippen LogP contribution in [-0.4, -0.2) is 69.0 Å². The van der Waals surface area contributed by atoms with E-state index >= 15 is 0 Å². The fourth-order valence-corrected chi connectivity index (χ4v) is 4.31. The Kier molecular flexibility index (Phi) is 5.84. The van der Waals surface area contributed by atoms with Crippen LogP contribution in [0.5, 0.6) is 23.0 Å². The monoisotopic (exact) mass is 442 g/mol. The zero-order chi connectivity index (χ0) is 23.0. The van der Waals surface area contributed by atoms with Gasteiger partial charge in [0.1, 0.15) is 6.04 Å². The van der Waals surface area contributed by atoms with E-state index in [0.717, 1.165) is 5.56 Å². The summed E-state index contributed by atoms with van der Waals surface area (Å²) >= 11 is 0. The Morgan fingerprint density at radius 3 is 2.19 bits per heavy atom. The third-order valence-corrected chi connectivity index (χ3v) is 5.90. The summed E-state index contributed by atoms with van der Waals surface area (Å²) in [6, 6.07) is 7.87. The minimum absolute atomic E-state index is 0.104. The highest BCUT2D eigenvalue weighted by atomic mass is 16.5. The second-order valence-electron chi connectivity index (χ2n) is 7.70. The number of nitrogens with zero attached hydrogens (tertiary/aromatic N) is 2. The molecule has 4 rings (SSSR count). The van der Waals surface area contributed by atoms with Crippen molar-refractivity contribution in [1.29, 1.82) is 0 Å². The lowest BCUT2D eigenvalue weighted by Gasteiger charge is -2.26. The summed E-state index contributed by atoms with van der Waals surface area (Å²) in [4.78, 5) is 30.0. The number of carbonyl (C=O) groups is 2. The molecule has 9 nitrogen and oxygen atoms in total. The fraction of sp³-hybridized carbons (Fsp3) is 0.391. The minimum atomic E-state index is -0.752. The van der Waals surface area contributed by atoms with E-state index < -0.39 is 12.1 Å². The predicted molar refractivity (Wildman–Crippen MR) is 116 cm³/mol. The Bertz CT molecular complexity index is 1050. The summed E-state index contributed by atoms with van der Waals surface area (Å²) in [7, 11) is 6.08. The standard InChI is InChI=1S/C23H26N2O7/c1-29-18-6-5-13(7-19(18)30-2)11-24-16-10-21(32-4)20(31-3)9-15(16)22(27)25-12-14(26)8-17(25)23(24)28/h5-7,9-10,14,17,26H,8,11-12H2,1-4H3/t14-,17+/m1/s1. The molecule has 0 saturated carbocycles. The van der Waals surface area contributed by atoms with Crippen LogP contribution in [0.4, 0.5) is 5.69 Å². The van der Waals surface area contributed by atoms with Gasteiger partial charge in [-0.3, -0.25) is 9.59 Å². The molecule has 1 saturated heterocycles. The fourth-order valence-electron chi connectivity index (χ4n) is 4.31. The highest BCUT2D eigenvalue weighted by molar-refractivity contribution is 6.11. The number of carbonyl (C=O) groups excluding carboxylic acids is 2. The summed E-state index contributed by atoms with van der Waals surface area (Å²) in [5.74, 6) is 1.31. The first-order valence-electron chi connectivity index (χ1n) is 10.2. The lowest BCUT2D eigenvalue weighted by molar-refractivity contribution is -0.122. The maximum atomic E-state index is 13.6. The first-order chi connectivity index (χ1) is 15.4. The SMILES string of the molecule is COc1ccc(CN2C(=O)[C@@H]3C[C@@H](O)CN3C(=O)c3cc(OC)c(OC)cc32)cc1OC. The van der Waals surface area contributed by atoms with Gasteiger partial charge >= 0.3 is 0 Å². The smallest absolute Gasteiger partial charge is 0.256 e. The average molecular weight is 442 g/mol. The van der Waals surface area contributed by atoms with Crippen molar-refractivity contribution in [3.63, 3.8) is 0 Å². The van der Waals surface area contributed by atoms with Crippen LogP contribution >= 0.6 is 0 Å². The summed E-state index contributed by atoms with van der Waals surface area (Å²) in [6.45, 7) is 0.294. The molecule has 0 radical (unpaired) electrons. The molecule has 2 aromatic rings. The number of aliphatic hydroxyl groups excluding tert-OH is 1. The molecule has 0 bridgehead atoms. The van der Waals surface area contributed by atoms with Crippen molar-refractivity contribution in [3.8, 4) is 23.0 Å². The van der Waals surface area contributed by atoms with Crippen LogP contribution in [0.1, 0.15) is 22.3 Å². The molecular formula is C23H26N2O7. The maximum absolute atomic E-state index is 13.6. The molecule has 0 spiro atoms. The Balaban J connectivity index is 1.84. The van der Waals surface area contributed by atoms with E-state index in [1.165, 1.54) is 19.1 Å². The number of amides is 2. The van der Waals surface area contributed by atoms with Crippen LogP contribution in [0.2, 0.25) is 0 Å². The molecule has 0 aliphatic carbocycles. The van der Waals surface area contributed by atoms with Gasteiger partial charge in [-0.2, -0.15) is 0 Å². The number of fused-ring (bicyclic) bond motifs is 2. The van der Waals surface area contributed by atoms with Crippen LogP contribution in [-0.2, 0) is 11.3 Å². The molecule has 170 valence electrons. The Morgan fingerprint density at radius 2 is 1.53 bits per heavy atom. The van der Waals surface area contributed by atoms with E-state index in [0.29, 0.717) is 34.2 Å². The molecule has 2 aromatic carbocycles. The topological polar surface area (TPSA) is 97.8 Å². The van der Waals surface area contributed by atoms with Gasteiger partial charge in [-0.15, -0.1) is 0 Å². The van der Waals surface area contributed by atoms with Crippen molar-refractivity contribution < 1.29 is 33.6 Å². The summed E-state index contributed by atoms with van der Waals surface area (Å²) in [5.41, 5.74) is 1.53. The minimum Gasteiger partial charge on any atom is -0.493 e. The first-order valence-corrected chi connectivity index (χ1v) is 10.2. The Morgan fingerprint density at radius 1 is 0.906 bits per heavy atom. The average Bonchev–Trinajstić information content (AvgIpc) is 3.19. The third-order valence-electron chi connectivity index (χ3n) is 5.90. The Hall–Kier alpha value is -3.46. The molecule has 9 heteroatoms. The number of hydrogen-bond acceptors (Lipinski definition) is 7. The quantitative estimate of drug-likeness (QED) is 0.729. The van der Waals surface area contributed by atoms with Crippen LogP contribution in [0.15, 0.2) is 30.3 Å². The highest BCUT2D eigenvalue weighted by Gasteiger charge is 2.45. The number of anilines is 1. The summed E-state index contributed by atoms with van der Waals surface area (Å²) in [5, 5.41) is 10.2. The molecule has 0 unspecified atom stereocenters. The number of hydrogen-bond donors (Lipinski definition) is 1. The second kappa shape index (κ2) is 8.58. The normalized spacial score (nSPS) is 19.9. The van der Waals surface area contributed by atoms with Crippen molar-refractivity contribution in [2.24, 2.45) is 0 Å². The molecule has 2 aliphatic heterocycles. The number of rotatable bonds is 6. The molecule has 1 fully saturated rings. The van der Waals surface area contributed by atoms with Gasteiger partial charge in [0.05, 0.1) is 52.3 Å². The van der Waals surface area contributed by atoms with Crippen molar-refractivity contribution in [2.75, 3.05) is 39.9 Å². The van der Waals surface area contributed by atoms with Crippen molar-refractivity contribution in [2.45, 2.75) is 25.1 Å². The molecule has 2 atom stereocenters. The number of aliphatic hydroxyl groups is 1. The third kappa shape index (κ3) is 3.58. The van der Waals surface area contributed by atoms with Crippen molar-refractivity contribution >= 4 is 17.5 Å². The first kappa shape index (κ1) is 21.8. The number of methoxy groups -OCH3 is 4. The van der Waals surface area contributed by atoms with Crippen LogP contribution in [0.3, 0.4) is 0 Å². The highest BCUT2D eigenvalue weighted by Crippen LogP contribution is 2.40. The maximum Gasteiger partial charge on any atom is 0.256 e. The molecule has 0 aromatic heterocycles. The van der Waals surface area contributed by atoms with Crippen LogP contribution < -0.4 is 23.8 Å². The molecule has 1 N–H and O–H groups in total. The number of benzene rings is 2. The molecule has 2 amide bonds.